The van der Waals surface area contributed by atoms with Crippen molar-refractivity contribution in [1.82, 2.24) is 0 Å². The Kier molecular flexibility index (Phi) is 12.2. The molecule has 10 aromatic carbocycles. The van der Waals surface area contributed by atoms with Crippen molar-refractivity contribution >= 4 is 39.6 Å². The Hall–Kier alpha value is -9.24. The molecule has 0 bridgehead atoms. The van der Waals surface area contributed by atoms with E-state index >= 15 is 0 Å². The highest BCUT2D eigenvalue weighted by molar-refractivity contribution is 5.88. The summed E-state index contributed by atoms with van der Waals surface area (Å²) in [6, 6.07) is 96.2. The van der Waals surface area contributed by atoms with Gasteiger partial charge in [0.15, 0.2) is 0 Å². The van der Waals surface area contributed by atoms with Crippen molar-refractivity contribution in [2.45, 2.75) is 31.1 Å². The Bertz CT molecular complexity index is 3620. The van der Waals surface area contributed by atoms with Crippen LogP contribution in [0.5, 0.6) is 0 Å². The second-order valence-electron chi connectivity index (χ2n) is 19.8. The molecular formula is C73H56N2. The number of rotatable bonds is 12. The monoisotopic (exact) mass is 960 g/mol. The molecule has 0 spiro atoms. The molecule has 0 amide bonds. The highest BCUT2D eigenvalue weighted by atomic mass is 15.2. The van der Waals surface area contributed by atoms with Gasteiger partial charge in [-0.25, -0.2) is 0 Å². The number of allylic oxidation sites excluding steroid dienone is 8. The quantitative estimate of drug-likeness (QED) is 0.120. The molecule has 0 atom stereocenters. The van der Waals surface area contributed by atoms with E-state index in [-0.39, 0.29) is 0 Å². The molecule has 2 heteroatoms. The van der Waals surface area contributed by atoms with Crippen molar-refractivity contribution in [2.75, 3.05) is 9.80 Å². The Labute approximate surface area is 441 Å². The molecular weight excluding hydrogens is 905 g/mol. The van der Waals surface area contributed by atoms with Gasteiger partial charge in [0.2, 0.25) is 0 Å². The van der Waals surface area contributed by atoms with Gasteiger partial charge in [-0.05, 0) is 170 Å². The number of anilines is 5. The van der Waals surface area contributed by atoms with E-state index in [1.54, 1.807) is 0 Å². The van der Waals surface area contributed by atoms with Gasteiger partial charge in [-0.1, -0.05) is 224 Å². The van der Waals surface area contributed by atoms with E-state index in [4.69, 9.17) is 0 Å². The lowest BCUT2D eigenvalue weighted by atomic mass is 9.67. The van der Waals surface area contributed by atoms with Crippen molar-refractivity contribution < 1.29 is 0 Å². The van der Waals surface area contributed by atoms with Crippen LogP contribution in [0.4, 0.5) is 28.4 Å². The second kappa shape index (κ2) is 20.0. The van der Waals surface area contributed by atoms with Crippen LogP contribution in [0.15, 0.2) is 297 Å². The third-order valence-electron chi connectivity index (χ3n) is 15.5. The van der Waals surface area contributed by atoms with Crippen LogP contribution in [0, 0.1) is 0 Å². The summed E-state index contributed by atoms with van der Waals surface area (Å²) in [4.78, 5) is 4.86. The minimum atomic E-state index is -0.575. The maximum absolute atomic E-state index is 2.47. The van der Waals surface area contributed by atoms with Crippen molar-refractivity contribution in [3.8, 4) is 33.4 Å². The van der Waals surface area contributed by atoms with Crippen molar-refractivity contribution in [3.05, 3.63) is 330 Å². The van der Waals surface area contributed by atoms with Gasteiger partial charge in [0.25, 0.3) is 0 Å². The zero-order valence-electron chi connectivity index (χ0n) is 41.9. The first-order valence-electron chi connectivity index (χ1n) is 26.4. The van der Waals surface area contributed by atoms with Crippen LogP contribution in [0.2, 0.25) is 0 Å². The van der Waals surface area contributed by atoms with Crippen molar-refractivity contribution in [2.24, 2.45) is 0 Å². The van der Waals surface area contributed by atoms with E-state index in [2.05, 4.69) is 301 Å². The van der Waals surface area contributed by atoms with Crippen LogP contribution < -0.4 is 9.80 Å². The Morgan fingerprint density at radius 3 is 1.15 bits per heavy atom. The molecule has 0 N–H and O–H groups in total. The Balaban J connectivity index is 0.918. The van der Waals surface area contributed by atoms with E-state index in [1.807, 2.05) is 0 Å². The minimum Gasteiger partial charge on any atom is -0.314 e. The van der Waals surface area contributed by atoms with Gasteiger partial charge in [0.1, 0.15) is 0 Å². The lowest BCUT2D eigenvalue weighted by molar-refractivity contribution is 0.768. The van der Waals surface area contributed by atoms with Crippen molar-refractivity contribution in [1.29, 1.82) is 0 Å². The number of nitrogens with zero attached hydrogens (tertiary/aromatic N) is 2. The average Bonchev–Trinajstić information content (AvgIpc) is 3.90. The Morgan fingerprint density at radius 2 is 0.707 bits per heavy atom. The van der Waals surface area contributed by atoms with Gasteiger partial charge in [0, 0.05) is 34.1 Å². The summed E-state index contributed by atoms with van der Waals surface area (Å²) in [5.74, 6) is 0. The fourth-order valence-electron chi connectivity index (χ4n) is 11.9. The molecule has 0 fully saturated rings. The van der Waals surface area contributed by atoms with Crippen LogP contribution >= 0.6 is 0 Å². The lowest BCUT2D eigenvalue weighted by Crippen LogP contribution is -2.28. The van der Waals surface area contributed by atoms with Crippen LogP contribution in [-0.4, -0.2) is 0 Å². The maximum atomic E-state index is 2.47. The topological polar surface area (TPSA) is 6.48 Å². The predicted molar refractivity (Wildman–Crippen MR) is 316 cm³/mol. The normalized spacial score (nSPS) is 14.2. The van der Waals surface area contributed by atoms with E-state index in [1.165, 1.54) is 83.6 Å². The van der Waals surface area contributed by atoms with Gasteiger partial charge in [0.05, 0.1) is 5.41 Å². The molecule has 13 rings (SSSR count). The molecule has 0 radical (unpaired) electrons. The smallest absolute Gasteiger partial charge is 0.0713 e. The van der Waals surface area contributed by atoms with Gasteiger partial charge in [-0.3, -0.25) is 0 Å². The number of hydrogen-bond donors (Lipinski definition) is 0. The molecule has 0 aromatic heterocycles. The molecule has 2 nitrogen and oxygen atoms in total. The van der Waals surface area contributed by atoms with Crippen LogP contribution in [-0.2, 0) is 5.41 Å². The molecule has 0 unspecified atom stereocenters. The fourth-order valence-corrected chi connectivity index (χ4v) is 11.9. The molecule has 0 saturated heterocycles. The summed E-state index contributed by atoms with van der Waals surface area (Å²) in [6.07, 6.45) is 15.7. The molecule has 75 heavy (non-hydrogen) atoms. The van der Waals surface area contributed by atoms with E-state index in [9.17, 15) is 0 Å². The lowest BCUT2D eigenvalue weighted by Gasteiger charge is -2.35. The summed E-state index contributed by atoms with van der Waals surface area (Å²) in [6.45, 7) is 0. The minimum absolute atomic E-state index is 0.575. The zero-order valence-corrected chi connectivity index (χ0v) is 41.9. The summed E-state index contributed by atoms with van der Waals surface area (Å²) >= 11 is 0. The third kappa shape index (κ3) is 8.55. The van der Waals surface area contributed by atoms with E-state index < -0.39 is 5.41 Å². The van der Waals surface area contributed by atoms with Gasteiger partial charge >= 0.3 is 0 Å². The molecule has 3 aliphatic carbocycles. The first kappa shape index (κ1) is 45.6. The van der Waals surface area contributed by atoms with Gasteiger partial charge in [-0.2, -0.15) is 0 Å². The number of benzene rings is 10. The molecule has 3 aliphatic rings. The van der Waals surface area contributed by atoms with E-state index in [0.717, 1.165) is 54.1 Å². The van der Waals surface area contributed by atoms with Crippen LogP contribution in [0.3, 0.4) is 0 Å². The first-order valence-corrected chi connectivity index (χ1v) is 26.4. The summed E-state index contributed by atoms with van der Waals surface area (Å²) < 4.78 is 0. The maximum Gasteiger partial charge on any atom is 0.0713 e. The molecule has 0 aliphatic heterocycles. The van der Waals surface area contributed by atoms with Crippen LogP contribution in [0.25, 0.3) is 44.5 Å². The van der Waals surface area contributed by atoms with Crippen LogP contribution in [0.1, 0.15) is 59.1 Å². The summed E-state index contributed by atoms with van der Waals surface area (Å²) in [5, 5.41) is 0. The second-order valence-corrected chi connectivity index (χ2v) is 19.8. The largest absolute Gasteiger partial charge is 0.314 e. The standard InChI is InChI=1S/C73H56N2/c1-5-17-53(18-6-1)57-29-41-63(42-30-57)74(64-43-31-58(32-44-64)54-19-7-2-8-20-54)67-49-37-61(38-50-67)73(71-27-15-13-25-69(71)70-26-14-16-28-72(70)73)62-39-51-68(52-40-62)75(65-45-33-59(34-46-65)55-21-9-3-10-22-55)66-47-35-60(36-48-66)56-23-11-4-12-24-56/h1-3,5-11,13-33,35-45,47-52H,4,12,34,46H2. The molecule has 358 valence electrons. The fraction of sp³-hybridized carbons (Fsp3) is 0.0685. The molecule has 0 saturated carbocycles. The SMILES string of the molecule is C1=CC(c2ccc(N(C3=CC=C(c4ccccc4)CC3)c3ccc(C4(c5ccc(N(c6ccc(-c7ccccc7)cc6)c6ccc(-c7ccccc7)cc6)cc5)c5ccccc5-c5ccccc54)cc3)cc2)=CCC1. The summed E-state index contributed by atoms with van der Waals surface area (Å²) in [5.41, 5.74) is 23.9. The summed E-state index contributed by atoms with van der Waals surface area (Å²) in [7, 11) is 0. The predicted octanol–water partition coefficient (Wildman–Crippen LogP) is 19.5. The van der Waals surface area contributed by atoms with Gasteiger partial charge in [-0.15, -0.1) is 0 Å². The highest BCUT2D eigenvalue weighted by Gasteiger charge is 2.46. The molecule has 0 heterocycles. The Morgan fingerprint density at radius 1 is 0.307 bits per heavy atom. The highest BCUT2D eigenvalue weighted by Crippen LogP contribution is 2.57. The van der Waals surface area contributed by atoms with Gasteiger partial charge < -0.3 is 9.80 Å². The van der Waals surface area contributed by atoms with E-state index in [0.29, 0.717) is 0 Å². The zero-order chi connectivity index (χ0) is 50.0. The van der Waals surface area contributed by atoms with Crippen molar-refractivity contribution in [3.63, 3.8) is 0 Å². The number of fused-ring (bicyclic) bond motifs is 3. The first-order chi connectivity index (χ1) is 37.2. The number of hydrogen-bond acceptors (Lipinski definition) is 2. The third-order valence-corrected chi connectivity index (χ3v) is 15.5. The molecule has 10 aromatic rings. The average molecular weight is 961 g/mol.